The third-order valence-electron chi connectivity index (χ3n) is 2.52. The molecule has 0 N–H and O–H groups in total. The molecule has 108 valence electrons. The van der Waals surface area contributed by atoms with Crippen molar-refractivity contribution in [3.8, 4) is 0 Å². The molecule has 0 fully saturated rings. The van der Waals surface area contributed by atoms with Gasteiger partial charge >= 0.3 is 0 Å². The zero-order valence-corrected chi connectivity index (χ0v) is 13.1. The molecule has 0 atom stereocenters. The Hall–Kier alpha value is -1.55. The lowest BCUT2D eigenvalue weighted by molar-refractivity contribution is 0.493. The Labute approximate surface area is 137 Å². The van der Waals surface area contributed by atoms with Gasteiger partial charge in [-0.15, -0.1) is 10.2 Å². The summed E-state index contributed by atoms with van der Waals surface area (Å²) in [4.78, 5) is 0. The monoisotopic (exact) mass is 340 g/mol. The van der Waals surface area contributed by atoms with Crippen LogP contribution in [0.5, 0.6) is 0 Å². The summed E-state index contributed by atoms with van der Waals surface area (Å²) in [5.41, 5.74) is 0. The zero-order chi connectivity index (χ0) is 15.3. The molecule has 1 aromatic heterocycles. The highest BCUT2D eigenvalue weighted by Crippen LogP contribution is 2.36. The van der Waals surface area contributed by atoms with Crippen molar-refractivity contribution in [1.29, 1.82) is 0 Å². The molecule has 0 saturated carbocycles. The minimum absolute atomic E-state index is 0.0580. The fourth-order valence-corrected chi connectivity index (χ4v) is 1.79. The summed E-state index contributed by atoms with van der Waals surface area (Å²) in [5, 5.41) is 9.61. The molecule has 3 nitrogen and oxygen atoms in total. The molecule has 0 amide bonds. The van der Waals surface area contributed by atoms with Crippen molar-refractivity contribution >= 4 is 51.7 Å². The molecule has 6 heteroatoms. The Morgan fingerprint density at radius 1 is 0.905 bits per heavy atom. The van der Waals surface area contributed by atoms with Gasteiger partial charge in [-0.3, -0.25) is 0 Å². The number of nitrogens with zero attached hydrogens (tertiary/aromatic N) is 2. The Morgan fingerprint density at radius 2 is 1.38 bits per heavy atom. The van der Waals surface area contributed by atoms with Crippen molar-refractivity contribution in [2.75, 3.05) is 0 Å². The van der Waals surface area contributed by atoms with E-state index in [1.165, 1.54) is 16.8 Å². The van der Waals surface area contributed by atoms with E-state index in [2.05, 4.69) is 65.3 Å². The van der Waals surface area contributed by atoms with Gasteiger partial charge in [0.05, 0.1) is 0 Å². The maximum atomic E-state index is 5.43. The number of aromatic nitrogens is 2. The van der Waals surface area contributed by atoms with Crippen LogP contribution < -0.4 is 0 Å². The molecule has 1 heterocycles. The average molecular weight is 342 g/mol. The van der Waals surface area contributed by atoms with Crippen LogP contribution in [0.25, 0.3) is 16.8 Å². The number of fused-ring (bicyclic) bond motifs is 1. The lowest BCUT2D eigenvalue weighted by Crippen LogP contribution is -1.99. The average Bonchev–Trinajstić information content (AvgIpc) is 2.97. The first-order chi connectivity index (χ1) is 10.0. The second kappa shape index (κ2) is 6.94. The van der Waals surface area contributed by atoms with Gasteiger partial charge in [0.15, 0.2) is 0 Å². The maximum Gasteiger partial charge on any atom is 0.268 e. The summed E-state index contributed by atoms with van der Waals surface area (Å²) in [6, 6.07) is 16.7. The standard InChI is InChI=1S/C10H8.C5H3Cl3N2O/c1-2-6-10-8-4-3-7-9(10)5-1;1-2-3-9-10-4(11-3)5(6,7)8/h1-8H;2H,1H2. The van der Waals surface area contributed by atoms with E-state index in [1.807, 2.05) is 0 Å². The summed E-state index contributed by atoms with van der Waals surface area (Å²) in [5.74, 6) is 0.170. The van der Waals surface area contributed by atoms with E-state index in [9.17, 15) is 0 Å². The van der Waals surface area contributed by atoms with Gasteiger partial charge in [0, 0.05) is 0 Å². The summed E-state index contributed by atoms with van der Waals surface area (Å²) >= 11 is 16.3. The molecule has 0 aliphatic carbocycles. The highest BCUT2D eigenvalue weighted by atomic mass is 35.6. The molecule has 0 unspecified atom stereocenters. The SMILES string of the molecule is C=Cc1nnc(C(Cl)(Cl)Cl)o1.c1ccc2ccccc2c1. The lowest BCUT2D eigenvalue weighted by atomic mass is 10.1. The summed E-state index contributed by atoms with van der Waals surface area (Å²) in [6.45, 7) is 3.40. The summed E-state index contributed by atoms with van der Waals surface area (Å²) < 4.78 is 3.20. The number of halogens is 3. The largest absolute Gasteiger partial charge is 0.417 e. The number of hydrogen-bond acceptors (Lipinski definition) is 3. The van der Waals surface area contributed by atoms with Crippen LogP contribution in [0, 0.1) is 0 Å². The van der Waals surface area contributed by atoms with Gasteiger partial charge in [0.1, 0.15) is 0 Å². The predicted molar refractivity (Wildman–Crippen MR) is 87.6 cm³/mol. The molecule has 0 aliphatic rings. The zero-order valence-electron chi connectivity index (χ0n) is 10.8. The van der Waals surface area contributed by atoms with Gasteiger partial charge in [-0.05, 0) is 16.8 Å². The van der Waals surface area contributed by atoms with E-state index < -0.39 is 3.79 Å². The van der Waals surface area contributed by atoms with E-state index in [-0.39, 0.29) is 11.8 Å². The van der Waals surface area contributed by atoms with E-state index in [4.69, 9.17) is 39.2 Å². The minimum atomic E-state index is -1.66. The predicted octanol–water partition coefficient (Wildman–Crippen LogP) is 5.38. The van der Waals surface area contributed by atoms with E-state index in [0.717, 1.165) is 0 Å². The van der Waals surface area contributed by atoms with Crippen LogP contribution in [0.15, 0.2) is 59.5 Å². The fraction of sp³-hybridized carbons (Fsp3) is 0.0667. The topological polar surface area (TPSA) is 38.9 Å². The van der Waals surface area contributed by atoms with Crippen molar-refractivity contribution in [3.63, 3.8) is 0 Å². The summed E-state index contributed by atoms with van der Waals surface area (Å²) in [7, 11) is 0. The van der Waals surface area contributed by atoms with Crippen LogP contribution in [0.2, 0.25) is 0 Å². The molecular weight excluding hydrogens is 331 g/mol. The van der Waals surface area contributed by atoms with E-state index >= 15 is 0 Å². The molecule has 2 aromatic carbocycles. The van der Waals surface area contributed by atoms with Crippen molar-refractivity contribution in [3.05, 3.63) is 66.9 Å². The van der Waals surface area contributed by atoms with Crippen LogP contribution in [0.3, 0.4) is 0 Å². The molecule has 3 aromatic rings. The van der Waals surface area contributed by atoms with Crippen LogP contribution in [0.4, 0.5) is 0 Å². The van der Waals surface area contributed by atoms with Gasteiger partial charge in [0.2, 0.25) is 5.89 Å². The normalized spacial score (nSPS) is 10.8. The van der Waals surface area contributed by atoms with Gasteiger partial charge in [-0.25, -0.2) is 0 Å². The van der Waals surface area contributed by atoms with Crippen LogP contribution >= 0.6 is 34.8 Å². The second-order valence-electron chi connectivity index (χ2n) is 3.99. The van der Waals surface area contributed by atoms with E-state index in [1.54, 1.807) is 0 Å². The van der Waals surface area contributed by atoms with E-state index in [0.29, 0.717) is 0 Å². The number of benzene rings is 2. The van der Waals surface area contributed by atoms with Gasteiger partial charge in [0.25, 0.3) is 9.68 Å². The first-order valence-electron chi connectivity index (χ1n) is 5.97. The first-order valence-corrected chi connectivity index (χ1v) is 7.11. The minimum Gasteiger partial charge on any atom is -0.417 e. The number of hydrogen-bond donors (Lipinski definition) is 0. The number of alkyl halides is 3. The second-order valence-corrected chi connectivity index (χ2v) is 6.28. The molecule has 0 bridgehead atoms. The van der Waals surface area contributed by atoms with Crippen molar-refractivity contribution in [2.45, 2.75) is 3.79 Å². The molecule has 0 radical (unpaired) electrons. The Balaban J connectivity index is 0.000000154. The summed E-state index contributed by atoms with van der Waals surface area (Å²) in [6.07, 6.45) is 1.37. The number of rotatable bonds is 1. The van der Waals surface area contributed by atoms with Gasteiger partial charge in [-0.1, -0.05) is 89.9 Å². The third kappa shape index (κ3) is 4.46. The van der Waals surface area contributed by atoms with Gasteiger partial charge in [-0.2, -0.15) is 0 Å². The fourth-order valence-electron chi connectivity index (χ4n) is 1.56. The van der Waals surface area contributed by atoms with Crippen molar-refractivity contribution in [1.82, 2.24) is 10.2 Å². The maximum absolute atomic E-state index is 5.43. The highest BCUT2D eigenvalue weighted by molar-refractivity contribution is 6.66. The lowest BCUT2D eigenvalue weighted by Gasteiger charge is -2.01. The third-order valence-corrected chi connectivity index (χ3v) is 3.00. The molecular formula is C15H11Cl3N2O. The van der Waals surface area contributed by atoms with Crippen LogP contribution in [0.1, 0.15) is 11.8 Å². The molecule has 0 aliphatic heterocycles. The van der Waals surface area contributed by atoms with Crippen LogP contribution in [-0.2, 0) is 3.79 Å². The first kappa shape index (κ1) is 15.8. The Morgan fingerprint density at radius 3 is 1.67 bits per heavy atom. The highest BCUT2D eigenvalue weighted by Gasteiger charge is 2.29. The quantitative estimate of drug-likeness (QED) is 0.558. The van der Waals surface area contributed by atoms with Crippen molar-refractivity contribution in [2.24, 2.45) is 0 Å². The van der Waals surface area contributed by atoms with Gasteiger partial charge < -0.3 is 4.42 Å². The molecule has 0 saturated heterocycles. The van der Waals surface area contributed by atoms with Crippen molar-refractivity contribution < 1.29 is 4.42 Å². The molecule has 3 rings (SSSR count). The molecule has 0 spiro atoms. The van der Waals surface area contributed by atoms with Crippen LogP contribution in [-0.4, -0.2) is 10.2 Å². The molecule has 21 heavy (non-hydrogen) atoms. The Kier molecular flexibility index (Phi) is 5.23. The smallest absolute Gasteiger partial charge is 0.268 e. The Bertz CT molecular complexity index is 669.